The van der Waals surface area contributed by atoms with E-state index in [4.69, 9.17) is 9.84 Å². The molecule has 0 bridgehead atoms. The van der Waals surface area contributed by atoms with E-state index in [1.54, 1.807) is 13.1 Å². The Bertz CT molecular complexity index is 421. The minimum atomic E-state index is -1.26. The molecule has 0 atom stereocenters. The van der Waals surface area contributed by atoms with Crippen LogP contribution in [0.3, 0.4) is 0 Å². The Morgan fingerprint density at radius 3 is 2.67 bits per heavy atom. The second-order valence-corrected chi connectivity index (χ2v) is 4.31. The number of hydrogen-bond donors (Lipinski definition) is 1. The van der Waals surface area contributed by atoms with E-state index in [1.165, 1.54) is 12.1 Å². The van der Waals surface area contributed by atoms with E-state index in [0.29, 0.717) is 18.8 Å². The predicted molar refractivity (Wildman–Crippen MR) is 67.7 cm³/mol. The van der Waals surface area contributed by atoms with Crippen molar-refractivity contribution in [3.05, 3.63) is 29.6 Å². The summed E-state index contributed by atoms with van der Waals surface area (Å²) in [6.07, 6.45) is 0.157. The van der Waals surface area contributed by atoms with Crippen LogP contribution in [0.15, 0.2) is 18.2 Å². The van der Waals surface area contributed by atoms with Gasteiger partial charge in [0.25, 0.3) is 0 Å². The van der Waals surface area contributed by atoms with E-state index in [2.05, 4.69) is 0 Å². The number of aromatic carboxylic acids is 1. The number of carboxylic acids is 1. The first-order chi connectivity index (χ1) is 8.41. The van der Waals surface area contributed by atoms with Gasteiger partial charge in [-0.05, 0) is 32.0 Å². The second-order valence-electron chi connectivity index (χ2n) is 4.31. The summed E-state index contributed by atoms with van der Waals surface area (Å²) in [6, 6.07) is 4.08. The highest BCUT2D eigenvalue weighted by Gasteiger charge is 2.11. The number of carboxylic acid groups (broad SMARTS) is 1. The van der Waals surface area contributed by atoms with Gasteiger partial charge in [-0.25, -0.2) is 9.18 Å². The molecule has 0 heterocycles. The molecule has 0 aliphatic carbocycles. The third-order valence-electron chi connectivity index (χ3n) is 2.50. The Labute approximate surface area is 106 Å². The molecule has 0 saturated heterocycles. The molecule has 0 amide bonds. The van der Waals surface area contributed by atoms with E-state index in [-0.39, 0.29) is 11.7 Å². The van der Waals surface area contributed by atoms with Gasteiger partial charge in [0.1, 0.15) is 5.82 Å². The van der Waals surface area contributed by atoms with Crippen molar-refractivity contribution in [3.8, 4) is 0 Å². The van der Waals surface area contributed by atoms with Crippen LogP contribution in [0.1, 0.15) is 24.2 Å². The molecule has 5 heteroatoms. The zero-order valence-corrected chi connectivity index (χ0v) is 10.8. The Hall–Kier alpha value is -1.62. The van der Waals surface area contributed by atoms with Crippen molar-refractivity contribution in [2.24, 2.45) is 0 Å². The average molecular weight is 255 g/mol. The maximum atomic E-state index is 13.5. The highest BCUT2D eigenvalue weighted by atomic mass is 19.1. The molecule has 1 aromatic rings. The molecule has 0 radical (unpaired) electrons. The number of rotatable bonds is 6. The third kappa shape index (κ3) is 4.00. The molecule has 4 nitrogen and oxygen atoms in total. The fourth-order valence-electron chi connectivity index (χ4n) is 1.47. The van der Waals surface area contributed by atoms with Crippen molar-refractivity contribution in [2.45, 2.75) is 20.0 Å². The first-order valence-electron chi connectivity index (χ1n) is 5.77. The zero-order valence-electron chi connectivity index (χ0n) is 10.8. The summed E-state index contributed by atoms with van der Waals surface area (Å²) in [5, 5.41) is 8.72. The van der Waals surface area contributed by atoms with Gasteiger partial charge in [-0.1, -0.05) is 0 Å². The van der Waals surface area contributed by atoms with Crippen molar-refractivity contribution in [2.75, 3.05) is 25.1 Å². The standard InChI is InChI=1S/C13H18FNO3/c1-9(2)18-7-6-15(3)10-4-5-11(13(16)17)12(14)8-10/h4-5,8-9H,6-7H2,1-3H3,(H,16,17). The normalized spacial score (nSPS) is 10.7. The first kappa shape index (κ1) is 14.4. The molecule has 0 fully saturated rings. The molecule has 0 unspecified atom stereocenters. The monoisotopic (exact) mass is 255 g/mol. The van der Waals surface area contributed by atoms with Crippen molar-refractivity contribution < 1.29 is 19.0 Å². The highest BCUT2D eigenvalue weighted by molar-refractivity contribution is 5.88. The summed E-state index contributed by atoms with van der Waals surface area (Å²) >= 11 is 0. The topological polar surface area (TPSA) is 49.8 Å². The summed E-state index contributed by atoms with van der Waals surface area (Å²) in [5.74, 6) is -1.98. The van der Waals surface area contributed by atoms with Crippen molar-refractivity contribution in [1.29, 1.82) is 0 Å². The summed E-state index contributed by atoms with van der Waals surface area (Å²) in [7, 11) is 1.80. The number of halogens is 1. The lowest BCUT2D eigenvalue weighted by atomic mass is 10.2. The van der Waals surface area contributed by atoms with Gasteiger partial charge >= 0.3 is 5.97 Å². The van der Waals surface area contributed by atoms with Crippen LogP contribution < -0.4 is 4.90 Å². The molecular weight excluding hydrogens is 237 g/mol. The molecule has 1 N–H and O–H groups in total. The molecule has 0 saturated carbocycles. The molecule has 18 heavy (non-hydrogen) atoms. The smallest absolute Gasteiger partial charge is 0.338 e. The van der Waals surface area contributed by atoms with Gasteiger partial charge in [0.2, 0.25) is 0 Å². The second kappa shape index (κ2) is 6.35. The quantitative estimate of drug-likeness (QED) is 0.848. The van der Waals surface area contributed by atoms with Crippen molar-refractivity contribution in [3.63, 3.8) is 0 Å². The fraction of sp³-hybridized carbons (Fsp3) is 0.462. The fourth-order valence-corrected chi connectivity index (χ4v) is 1.47. The van der Waals surface area contributed by atoms with Crippen LogP contribution in [0.4, 0.5) is 10.1 Å². The van der Waals surface area contributed by atoms with Crippen LogP contribution in [0, 0.1) is 5.82 Å². The van der Waals surface area contributed by atoms with Crippen LogP contribution in [0.5, 0.6) is 0 Å². The first-order valence-corrected chi connectivity index (χ1v) is 5.77. The summed E-state index contributed by atoms with van der Waals surface area (Å²) in [4.78, 5) is 12.5. The molecule has 100 valence electrons. The van der Waals surface area contributed by atoms with Crippen molar-refractivity contribution in [1.82, 2.24) is 0 Å². The van der Waals surface area contributed by atoms with Crippen LogP contribution in [0.2, 0.25) is 0 Å². The van der Waals surface area contributed by atoms with Crippen LogP contribution in [0.25, 0.3) is 0 Å². The molecule has 0 aliphatic heterocycles. The third-order valence-corrected chi connectivity index (χ3v) is 2.50. The predicted octanol–water partition coefficient (Wildman–Crippen LogP) is 2.39. The summed E-state index contributed by atoms with van der Waals surface area (Å²) in [5.41, 5.74) is 0.315. The van der Waals surface area contributed by atoms with E-state index >= 15 is 0 Å². The number of benzene rings is 1. The maximum Gasteiger partial charge on any atom is 0.338 e. The minimum Gasteiger partial charge on any atom is -0.478 e. The van der Waals surface area contributed by atoms with Crippen LogP contribution >= 0.6 is 0 Å². The van der Waals surface area contributed by atoms with Gasteiger partial charge in [-0.15, -0.1) is 0 Å². The maximum absolute atomic E-state index is 13.5. The Morgan fingerprint density at radius 2 is 2.17 bits per heavy atom. The minimum absolute atomic E-state index is 0.157. The molecule has 0 aromatic heterocycles. The number of hydrogen-bond acceptors (Lipinski definition) is 3. The molecule has 0 aliphatic rings. The van der Waals surface area contributed by atoms with Gasteiger partial charge in [0.15, 0.2) is 0 Å². The number of anilines is 1. The summed E-state index contributed by atoms with van der Waals surface area (Å²) < 4.78 is 18.9. The largest absolute Gasteiger partial charge is 0.478 e. The number of nitrogens with zero attached hydrogens (tertiary/aromatic N) is 1. The SMILES string of the molecule is CC(C)OCCN(C)c1ccc(C(=O)O)c(F)c1. The van der Waals surface area contributed by atoms with E-state index in [9.17, 15) is 9.18 Å². The zero-order chi connectivity index (χ0) is 13.7. The lowest BCUT2D eigenvalue weighted by Crippen LogP contribution is -2.24. The highest BCUT2D eigenvalue weighted by Crippen LogP contribution is 2.17. The van der Waals surface area contributed by atoms with Crippen LogP contribution in [-0.4, -0.2) is 37.4 Å². The Kier molecular flexibility index (Phi) is 5.09. The van der Waals surface area contributed by atoms with Gasteiger partial charge in [0.05, 0.1) is 18.3 Å². The average Bonchev–Trinajstić information content (AvgIpc) is 2.27. The lowest BCUT2D eigenvalue weighted by molar-refractivity contribution is 0.0691. The van der Waals surface area contributed by atoms with Gasteiger partial charge in [-0.3, -0.25) is 0 Å². The number of likely N-dealkylation sites (N-methyl/N-ethyl adjacent to an activating group) is 1. The molecule has 1 rings (SSSR count). The Morgan fingerprint density at radius 1 is 1.50 bits per heavy atom. The summed E-state index contributed by atoms with van der Waals surface area (Å²) in [6.45, 7) is 5.04. The van der Waals surface area contributed by atoms with Crippen LogP contribution in [-0.2, 0) is 4.74 Å². The lowest BCUT2D eigenvalue weighted by Gasteiger charge is -2.20. The Balaban J connectivity index is 2.66. The van der Waals surface area contributed by atoms with E-state index in [0.717, 1.165) is 0 Å². The number of ether oxygens (including phenoxy) is 1. The van der Waals surface area contributed by atoms with Gasteiger partial charge in [0, 0.05) is 19.3 Å². The van der Waals surface area contributed by atoms with E-state index in [1.807, 2.05) is 18.7 Å². The van der Waals surface area contributed by atoms with Gasteiger partial charge in [-0.2, -0.15) is 0 Å². The molecule has 1 aromatic carbocycles. The van der Waals surface area contributed by atoms with Crippen molar-refractivity contribution >= 4 is 11.7 Å². The van der Waals surface area contributed by atoms with Gasteiger partial charge < -0.3 is 14.7 Å². The molecular formula is C13H18FNO3. The number of carbonyl (C=O) groups is 1. The van der Waals surface area contributed by atoms with E-state index < -0.39 is 11.8 Å². The molecule has 0 spiro atoms.